The average Bonchev–Trinajstić information content (AvgIpc) is 3.47. The highest BCUT2D eigenvalue weighted by Crippen LogP contribution is 2.19. The summed E-state index contributed by atoms with van der Waals surface area (Å²) in [4.78, 5) is 24.6. The third kappa shape index (κ3) is 67.1. The molecule has 0 aliphatic rings. The van der Waals surface area contributed by atoms with Gasteiger partial charge in [-0.2, -0.15) is 0 Å². The average molecular weight is 1140 g/mol. The van der Waals surface area contributed by atoms with Crippen LogP contribution in [-0.4, -0.2) is 47.4 Å². The molecule has 0 heterocycles. The molecule has 0 spiro atoms. The molecule has 478 valence electrons. The molecule has 0 aliphatic carbocycles. The quantitative estimate of drug-likeness (QED) is 0.0320. The normalized spacial score (nSPS) is 12.7. The van der Waals surface area contributed by atoms with Crippen LogP contribution in [0.15, 0.2) is 36.5 Å². The molecule has 0 radical (unpaired) electrons. The summed E-state index contributed by atoms with van der Waals surface area (Å²) >= 11 is 0. The summed E-state index contributed by atoms with van der Waals surface area (Å²) in [6.07, 6.45) is 90.7. The van der Waals surface area contributed by atoms with Crippen molar-refractivity contribution in [2.45, 2.75) is 418 Å². The fraction of sp³-hybridized carbons (Fsp3) is 0.893. The highest BCUT2D eigenvalue weighted by molar-refractivity contribution is 5.76. The van der Waals surface area contributed by atoms with Gasteiger partial charge >= 0.3 is 5.97 Å². The molecule has 2 atom stereocenters. The molecule has 0 rings (SSSR count). The molecule has 1 amide bonds. The lowest BCUT2D eigenvalue weighted by Crippen LogP contribution is -2.45. The van der Waals surface area contributed by atoms with Crippen LogP contribution in [0.4, 0.5) is 0 Å². The van der Waals surface area contributed by atoms with E-state index < -0.39 is 12.1 Å². The van der Waals surface area contributed by atoms with Gasteiger partial charge in [0.2, 0.25) is 5.91 Å². The van der Waals surface area contributed by atoms with Crippen LogP contribution < -0.4 is 5.32 Å². The van der Waals surface area contributed by atoms with Gasteiger partial charge in [-0.3, -0.25) is 9.59 Å². The maximum Gasteiger partial charge on any atom is 0.305 e. The van der Waals surface area contributed by atoms with E-state index in [1.807, 2.05) is 0 Å². The summed E-state index contributed by atoms with van der Waals surface area (Å²) < 4.78 is 5.48. The minimum atomic E-state index is -0.662. The molecule has 2 unspecified atom stereocenters. The van der Waals surface area contributed by atoms with Crippen molar-refractivity contribution in [3.8, 4) is 0 Å². The summed E-state index contributed by atoms with van der Waals surface area (Å²) in [5.41, 5.74) is 0. The molecule has 0 fully saturated rings. The van der Waals surface area contributed by atoms with Crippen molar-refractivity contribution in [2.24, 2.45) is 0 Å². The topological polar surface area (TPSA) is 95.9 Å². The molecular weight excluding hydrogens is 995 g/mol. The van der Waals surface area contributed by atoms with Crippen LogP contribution in [0.5, 0.6) is 0 Å². The van der Waals surface area contributed by atoms with Crippen molar-refractivity contribution in [1.82, 2.24) is 5.32 Å². The van der Waals surface area contributed by atoms with E-state index in [-0.39, 0.29) is 18.5 Å². The molecule has 0 bridgehead atoms. The summed E-state index contributed by atoms with van der Waals surface area (Å²) in [6.45, 7) is 4.94. The van der Waals surface area contributed by atoms with Gasteiger partial charge in [0.25, 0.3) is 0 Å². The second kappa shape index (κ2) is 70.6. The van der Waals surface area contributed by atoms with E-state index in [9.17, 15) is 19.8 Å². The predicted octanol–water partition coefficient (Wildman–Crippen LogP) is 23.9. The first-order valence-electron chi connectivity index (χ1n) is 36.7. The van der Waals surface area contributed by atoms with Crippen molar-refractivity contribution >= 4 is 11.9 Å². The number of carbonyl (C=O) groups excluding carboxylic acids is 2. The maximum absolute atomic E-state index is 12.5. The molecule has 0 aromatic rings. The van der Waals surface area contributed by atoms with Gasteiger partial charge in [-0.05, 0) is 77.0 Å². The minimum Gasteiger partial charge on any atom is -0.466 e. The minimum absolute atomic E-state index is 0.00440. The standard InChI is InChI=1S/C75H143NO5/c1-3-5-7-9-11-13-15-17-19-37-40-43-47-51-55-59-63-67-73(78)72(71-77)76-74(79)68-64-60-56-52-48-44-41-38-35-33-31-29-27-25-23-21-20-22-24-26-28-30-32-34-36-39-42-46-50-54-58-62-66-70-81-75(80)69-65-61-57-53-49-45-18-16-14-12-10-8-6-4-2/h10,12,16,18,24,26,72-73,77-78H,3-9,11,13-15,17,19-23,25,27-71H2,1-2H3,(H,76,79)/b12-10-,18-16-,26-24-. The van der Waals surface area contributed by atoms with Crippen molar-refractivity contribution in [2.75, 3.05) is 13.2 Å². The largest absolute Gasteiger partial charge is 0.466 e. The molecule has 0 saturated carbocycles. The molecule has 6 heteroatoms. The zero-order chi connectivity index (χ0) is 58.5. The summed E-state index contributed by atoms with van der Waals surface area (Å²) in [7, 11) is 0. The number of amides is 1. The Labute approximate surface area is 506 Å². The van der Waals surface area contributed by atoms with Gasteiger partial charge in [0.05, 0.1) is 25.4 Å². The first-order valence-corrected chi connectivity index (χ1v) is 36.7. The molecule has 81 heavy (non-hydrogen) atoms. The number of rotatable bonds is 69. The van der Waals surface area contributed by atoms with Crippen molar-refractivity contribution < 1.29 is 24.5 Å². The van der Waals surface area contributed by atoms with E-state index in [0.29, 0.717) is 25.9 Å². The first-order chi connectivity index (χ1) is 40.0. The number of carbonyl (C=O) groups is 2. The van der Waals surface area contributed by atoms with E-state index in [2.05, 4.69) is 55.6 Å². The first kappa shape index (κ1) is 79.1. The van der Waals surface area contributed by atoms with Gasteiger partial charge < -0.3 is 20.3 Å². The van der Waals surface area contributed by atoms with E-state index in [1.165, 1.54) is 321 Å². The Bertz CT molecular complexity index is 1310. The highest BCUT2D eigenvalue weighted by Gasteiger charge is 2.20. The third-order valence-electron chi connectivity index (χ3n) is 17.2. The number of ether oxygens (including phenoxy) is 1. The summed E-state index contributed by atoms with van der Waals surface area (Å²) in [5.74, 6) is -0.0240. The highest BCUT2D eigenvalue weighted by atomic mass is 16.5. The van der Waals surface area contributed by atoms with Crippen molar-refractivity contribution in [3.05, 3.63) is 36.5 Å². The molecular formula is C75H143NO5. The van der Waals surface area contributed by atoms with Crippen LogP contribution in [0.2, 0.25) is 0 Å². The van der Waals surface area contributed by atoms with Crippen LogP contribution in [-0.2, 0) is 14.3 Å². The van der Waals surface area contributed by atoms with Gasteiger partial charge in [-0.15, -0.1) is 0 Å². The van der Waals surface area contributed by atoms with Gasteiger partial charge in [0, 0.05) is 12.8 Å². The van der Waals surface area contributed by atoms with E-state index in [0.717, 1.165) is 51.4 Å². The maximum atomic E-state index is 12.5. The number of esters is 1. The van der Waals surface area contributed by atoms with Gasteiger partial charge in [0.1, 0.15) is 0 Å². The van der Waals surface area contributed by atoms with Gasteiger partial charge in [0.15, 0.2) is 0 Å². The lowest BCUT2D eigenvalue weighted by Gasteiger charge is -2.22. The molecule has 3 N–H and O–H groups in total. The Morgan fingerprint density at radius 2 is 0.630 bits per heavy atom. The van der Waals surface area contributed by atoms with Crippen LogP contribution in [0.3, 0.4) is 0 Å². The fourth-order valence-electron chi connectivity index (χ4n) is 11.5. The molecule has 0 aliphatic heterocycles. The molecule has 0 saturated heterocycles. The Kier molecular flexibility index (Phi) is 68.9. The predicted molar refractivity (Wildman–Crippen MR) is 356 cm³/mol. The Morgan fingerprint density at radius 3 is 0.988 bits per heavy atom. The molecule has 0 aromatic heterocycles. The number of nitrogens with one attached hydrogen (secondary N) is 1. The van der Waals surface area contributed by atoms with Crippen molar-refractivity contribution in [3.63, 3.8) is 0 Å². The van der Waals surface area contributed by atoms with E-state index >= 15 is 0 Å². The van der Waals surface area contributed by atoms with Crippen LogP contribution >= 0.6 is 0 Å². The smallest absolute Gasteiger partial charge is 0.305 e. The molecule has 6 nitrogen and oxygen atoms in total. The second-order valence-corrected chi connectivity index (χ2v) is 25.3. The SMILES string of the molecule is CCCC/C=C\C/C=C\CCCCCCCC(=O)OCCCCCCCCCCCCCC/C=C\CCCCCCCCCCCCCCCCCCCC(=O)NC(CO)C(O)CCCCCCCCCCCCCCCCCCC. The van der Waals surface area contributed by atoms with Crippen molar-refractivity contribution in [1.29, 1.82) is 0 Å². The number of hydrogen-bond donors (Lipinski definition) is 3. The zero-order valence-electron chi connectivity index (χ0n) is 54.8. The number of allylic oxidation sites excluding steroid dienone is 6. The number of unbranched alkanes of at least 4 members (excludes halogenated alkanes) is 52. The van der Waals surface area contributed by atoms with Crippen LogP contribution in [0.25, 0.3) is 0 Å². The Balaban J connectivity index is 3.35. The Hall–Kier alpha value is -1.92. The van der Waals surface area contributed by atoms with E-state index in [1.54, 1.807) is 0 Å². The number of aliphatic hydroxyl groups is 2. The number of aliphatic hydroxyl groups excluding tert-OH is 2. The molecule has 0 aromatic carbocycles. The van der Waals surface area contributed by atoms with Crippen LogP contribution in [0.1, 0.15) is 406 Å². The Morgan fingerprint density at radius 1 is 0.346 bits per heavy atom. The fourth-order valence-corrected chi connectivity index (χ4v) is 11.5. The lowest BCUT2D eigenvalue weighted by atomic mass is 10.0. The number of hydrogen-bond acceptors (Lipinski definition) is 5. The monoisotopic (exact) mass is 1140 g/mol. The summed E-state index contributed by atoms with van der Waals surface area (Å²) in [5, 5.41) is 23.4. The zero-order valence-corrected chi connectivity index (χ0v) is 54.8. The van der Waals surface area contributed by atoms with E-state index in [4.69, 9.17) is 4.74 Å². The van der Waals surface area contributed by atoms with Gasteiger partial charge in [-0.1, -0.05) is 352 Å². The third-order valence-corrected chi connectivity index (χ3v) is 17.2. The summed E-state index contributed by atoms with van der Waals surface area (Å²) in [6, 6.07) is -0.539. The second-order valence-electron chi connectivity index (χ2n) is 25.3. The van der Waals surface area contributed by atoms with Gasteiger partial charge in [-0.25, -0.2) is 0 Å². The lowest BCUT2D eigenvalue weighted by molar-refractivity contribution is -0.143. The van der Waals surface area contributed by atoms with Crippen LogP contribution in [0, 0.1) is 0 Å².